The number of thiocarbonyl (C=S) groups is 1. The van der Waals surface area contributed by atoms with Gasteiger partial charge in [0.25, 0.3) is 0 Å². The number of aliphatic carboxylic acids is 1. The van der Waals surface area contributed by atoms with E-state index in [1.807, 2.05) is 12.2 Å². The monoisotopic (exact) mass is 216 g/mol. The fraction of sp³-hybridized carbons (Fsp3) is 0.556. The Hall–Kier alpha value is -1.10. The lowest BCUT2D eigenvalue weighted by Crippen LogP contribution is -2.07. The molecule has 1 N–H and O–H groups in total. The Morgan fingerprint density at radius 3 is 3.00 bits per heavy atom. The van der Waals surface area contributed by atoms with Crippen LogP contribution in [0.25, 0.3) is 0 Å². The van der Waals surface area contributed by atoms with E-state index in [1.54, 1.807) is 0 Å². The third-order valence-electron chi connectivity index (χ3n) is 1.74. The molecule has 0 aromatic carbocycles. The van der Waals surface area contributed by atoms with Gasteiger partial charge >= 0.3 is 11.2 Å². The Kier molecular flexibility index (Phi) is 4.39. The average Bonchev–Trinajstić information content (AvgIpc) is 2.50. The molecule has 0 amide bonds. The summed E-state index contributed by atoms with van der Waals surface area (Å²) in [5, 5.41) is 8.57. The van der Waals surface area contributed by atoms with Gasteiger partial charge in [-0.05, 0) is 6.42 Å². The van der Waals surface area contributed by atoms with Crippen LogP contribution >= 0.6 is 12.2 Å². The Morgan fingerprint density at radius 1 is 1.64 bits per heavy atom. The fourth-order valence-electron chi connectivity index (χ4n) is 1.05. The van der Waals surface area contributed by atoms with Crippen molar-refractivity contribution >= 4 is 23.4 Å². The molecule has 1 aliphatic rings. The average molecular weight is 216 g/mol. The SMILES string of the molecule is O=C(O)CC/C=C\CC1COC(=S)O1. The molecule has 0 radical (unpaired) electrons. The first-order valence-corrected chi connectivity index (χ1v) is 4.79. The van der Waals surface area contributed by atoms with Crippen molar-refractivity contribution in [3.8, 4) is 0 Å². The van der Waals surface area contributed by atoms with E-state index in [2.05, 4.69) is 12.2 Å². The summed E-state index contributed by atoms with van der Waals surface area (Å²) in [6.07, 6.45) is 5.14. The first-order valence-electron chi connectivity index (χ1n) is 4.38. The highest BCUT2D eigenvalue weighted by Gasteiger charge is 2.19. The molecule has 1 saturated heterocycles. The number of hydrogen-bond donors (Lipinski definition) is 1. The standard InChI is InChI=1S/C9H12O4S/c10-8(11)5-3-1-2-4-7-6-12-9(14)13-7/h1-2,7H,3-6H2,(H,10,11)/b2-1-. The van der Waals surface area contributed by atoms with E-state index in [0.29, 0.717) is 19.4 Å². The molecule has 0 aromatic rings. The van der Waals surface area contributed by atoms with Crippen molar-refractivity contribution in [2.45, 2.75) is 25.4 Å². The number of carbonyl (C=O) groups is 1. The highest BCUT2D eigenvalue weighted by molar-refractivity contribution is 7.79. The summed E-state index contributed by atoms with van der Waals surface area (Å²) in [7, 11) is 0. The van der Waals surface area contributed by atoms with Gasteiger partial charge in [0, 0.05) is 25.1 Å². The van der Waals surface area contributed by atoms with Crippen molar-refractivity contribution in [3.05, 3.63) is 12.2 Å². The van der Waals surface area contributed by atoms with Crippen LogP contribution in [0.3, 0.4) is 0 Å². The first kappa shape index (κ1) is 11.0. The minimum absolute atomic E-state index is 0.0106. The van der Waals surface area contributed by atoms with E-state index in [-0.39, 0.29) is 17.8 Å². The van der Waals surface area contributed by atoms with Gasteiger partial charge in [-0.25, -0.2) is 0 Å². The van der Waals surface area contributed by atoms with Crippen LogP contribution in [0.5, 0.6) is 0 Å². The zero-order valence-corrected chi connectivity index (χ0v) is 8.46. The molecule has 1 rings (SSSR count). The highest BCUT2D eigenvalue weighted by atomic mass is 32.1. The maximum Gasteiger partial charge on any atom is 0.352 e. The van der Waals surface area contributed by atoms with Gasteiger partial charge in [0.2, 0.25) is 0 Å². The lowest BCUT2D eigenvalue weighted by molar-refractivity contribution is -0.136. The van der Waals surface area contributed by atoms with Crippen LogP contribution in [-0.2, 0) is 14.3 Å². The number of ether oxygens (including phenoxy) is 2. The second-order valence-electron chi connectivity index (χ2n) is 2.94. The van der Waals surface area contributed by atoms with Crippen LogP contribution in [0.2, 0.25) is 0 Å². The van der Waals surface area contributed by atoms with Crippen molar-refractivity contribution in [2.75, 3.05) is 6.61 Å². The Bertz CT molecular complexity index is 249. The summed E-state index contributed by atoms with van der Waals surface area (Å²) in [5.74, 6) is -0.781. The topological polar surface area (TPSA) is 55.8 Å². The maximum absolute atomic E-state index is 10.2. The molecule has 78 valence electrons. The van der Waals surface area contributed by atoms with Crippen LogP contribution in [0.15, 0.2) is 12.2 Å². The maximum atomic E-state index is 10.2. The van der Waals surface area contributed by atoms with E-state index in [1.165, 1.54) is 0 Å². The van der Waals surface area contributed by atoms with E-state index in [4.69, 9.17) is 14.6 Å². The summed E-state index contributed by atoms with van der Waals surface area (Å²) >= 11 is 4.69. The van der Waals surface area contributed by atoms with E-state index < -0.39 is 5.97 Å². The van der Waals surface area contributed by atoms with Crippen LogP contribution in [0.1, 0.15) is 19.3 Å². The number of allylic oxidation sites excluding steroid dienone is 1. The molecule has 0 saturated carbocycles. The smallest absolute Gasteiger partial charge is 0.352 e. The van der Waals surface area contributed by atoms with E-state index in [9.17, 15) is 4.79 Å². The molecule has 1 atom stereocenters. The van der Waals surface area contributed by atoms with Gasteiger partial charge in [-0.2, -0.15) is 0 Å². The van der Waals surface area contributed by atoms with Gasteiger partial charge in [0.05, 0.1) is 0 Å². The third kappa shape index (κ3) is 4.23. The van der Waals surface area contributed by atoms with Crippen molar-refractivity contribution in [3.63, 3.8) is 0 Å². The number of hydrogen-bond acceptors (Lipinski definition) is 4. The van der Waals surface area contributed by atoms with Crippen molar-refractivity contribution in [2.24, 2.45) is 0 Å². The molecule has 5 heteroatoms. The molecule has 1 heterocycles. The summed E-state index contributed by atoms with van der Waals surface area (Å²) in [5.41, 5.74) is 0. The normalized spacial score (nSPS) is 20.9. The van der Waals surface area contributed by atoms with Crippen molar-refractivity contribution < 1.29 is 19.4 Å². The zero-order valence-electron chi connectivity index (χ0n) is 7.64. The second-order valence-corrected chi connectivity index (χ2v) is 3.27. The third-order valence-corrected chi connectivity index (χ3v) is 1.95. The van der Waals surface area contributed by atoms with E-state index >= 15 is 0 Å². The van der Waals surface area contributed by atoms with Crippen LogP contribution in [0.4, 0.5) is 0 Å². The molecule has 0 bridgehead atoms. The lowest BCUT2D eigenvalue weighted by atomic mass is 10.2. The molecule has 14 heavy (non-hydrogen) atoms. The molecule has 1 fully saturated rings. The van der Waals surface area contributed by atoms with Crippen LogP contribution in [0, 0.1) is 0 Å². The number of carboxylic acid groups (broad SMARTS) is 1. The molecular weight excluding hydrogens is 204 g/mol. The van der Waals surface area contributed by atoms with Gasteiger partial charge in [0.15, 0.2) is 0 Å². The largest absolute Gasteiger partial charge is 0.481 e. The van der Waals surface area contributed by atoms with Crippen molar-refractivity contribution in [1.29, 1.82) is 0 Å². The van der Waals surface area contributed by atoms with Gasteiger partial charge < -0.3 is 14.6 Å². The molecule has 4 nitrogen and oxygen atoms in total. The minimum Gasteiger partial charge on any atom is -0.481 e. The Balaban J connectivity index is 2.08. The summed E-state index contributed by atoms with van der Waals surface area (Å²) in [6, 6.07) is 0. The van der Waals surface area contributed by atoms with Crippen molar-refractivity contribution in [1.82, 2.24) is 0 Å². The predicted molar refractivity (Wildman–Crippen MR) is 54.0 cm³/mol. The Morgan fingerprint density at radius 2 is 2.43 bits per heavy atom. The van der Waals surface area contributed by atoms with Crippen LogP contribution in [-0.4, -0.2) is 29.0 Å². The predicted octanol–water partition coefficient (Wildman–Crippen LogP) is 1.50. The fourth-order valence-corrected chi connectivity index (χ4v) is 1.26. The van der Waals surface area contributed by atoms with Gasteiger partial charge in [-0.3, -0.25) is 4.79 Å². The van der Waals surface area contributed by atoms with Gasteiger partial charge in [-0.15, -0.1) is 0 Å². The molecule has 0 spiro atoms. The lowest BCUT2D eigenvalue weighted by Gasteiger charge is -2.00. The zero-order chi connectivity index (χ0) is 10.4. The van der Waals surface area contributed by atoms with Gasteiger partial charge in [-0.1, -0.05) is 12.2 Å². The highest BCUT2D eigenvalue weighted by Crippen LogP contribution is 2.10. The number of rotatable bonds is 5. The molecule has 0 aromatic heterocycles. The summed E-state index contributed by atoms with van der Waals surface area (Å²) in [6.45, 7) is 0.488. The molecular formula is C9H12O4S. The first-order chi connectivity index (χ1) is 6.68. The summed E-state index contributed by atoms with van der Waals surface area (Å²) in [4.78, 5) is 10.2. The quantitative estimate of drug-likeness (QED) is 0.557. The van der Waals surface area contributed by atoms with E-state index in [0.717, 1.165) is 0 Å². The van der Waals surface area contributed by atoms with Crippen LogP contribution < -0.4 is 0 Å². The Labute approximate surface area is 87.5 Å². The minimum atomic E-state index is -0.781. The molecule has 1 aliphatic heterocycles. The summed E-state index contributed by atoms with van der Waals surface area (Å²) < 4.78 is 10.1. The second kappa shape index (κ2) is 5.59. The van der Waals surface area contributed by atoms with Gasteiger partial charge in [0.1, 0.15) is 12.7 Å². The molecule has 1 unspecified atom stereocenters. The number of carboxylic acids is 1. The molecule has 0 aliphatic carbocycles.